The van der Waals surface area contributed by atoms with Crippen LogP contribution >= 0.6 is 0 Å². The number of aryl methyl sites for hydroxylation is 2. The molecular weight excluding hydrogens is 278 g/mol. The number of carbonyl (C=O) groups excluding carboxylic acids is 1. The molecule has 0 N–H and O–H groups in total. The van der Waals surface area contributed by atoms with Crippen molar-refractivity contribution in [1.82, 2.24) is 14.8 Å². The number of aldehydes is 1. The number of rotatable bonds is 5. The Labute approximate surface area is 117 Å². The number of carbonyl (C=O) groups is 1. The summed E-state index contributed by atoms with van der Waals surface area (Å²) in [6.07, 6.45) is 6.77. The van der Waals surface area contributed by atoms with Crippen LogP contribution < -0.4 is 0 Å². The molecule has 0 radical (unpaired) electrons. The third-order valence-electron chi connectivity index (χ3n) is 2.76. The Bertz CT molecular complexity index is 735. The summed E-state index contributed by atoms with van der Waals surface area (Å²) in [7, 11) is -3.07. The van der Waals surface area contributed by atoms with Crippen LogP contribution in [0.25, 0.3) is 11.3 Å². The molecule has 2 aromatic heterocycles. The first-order valence-corrected chi connectivity index (χ1v) is 8.07. The highest BCUT2D eigenvalue weighted by atomic mass is 32.2. The van der Waals surface area contributed by atoms with Crippen molar-refractivity contribution >= 4 is 16.1 Å². The summed E-state index contributed by atoms with van der Waals surface area (Å²) in [6.45, 7) is 2.12. The van der Waals surface area contributed by atoms with Crippen molar-refractivity contribution in [3.8, 4) is 11.3 Å². The first kappa shape index (κ1) is 14.4. The Balaban J connectivity index is 2.34. The van der Waals surface area contributed by atoms with Gasteiger partial charge in [-0.15, -0.1) is 0 Å². The van der Waals surface area contributed by atoms with Gasteiger partial charge in [0.15, 0.2) is 6.29 Å². The maximum Gasteiger partial charge on any atom is 0.153 e. The van der Waals surface area contributed by atoms with Crippen LogP contribution in [0.4, 0.5) is 0 Å². The molecule has 7 heteroatoms. The van der Waals surface area contributed by atoms with Crippen LogP contribution in [0.15, 0.2) is 24.7 Å². The lowest BCUT2D eigenvalue weighted by atomic mass is 10.1. The molecule has 0 saturated heterocycles. The minimum atomic E-state index is -3.07. The van der Waals surface area contributed by atoms with E-state index in [1.165, 1.54) is 10.9 Å². The Morgan fingerprint density at radius 2 is 2.10 bits per heavy atom. The number of nitrogens with zero attached hydrogens (tertiary/aromatic N) is 3. The van der Waals surface area contributed by atoms with Crippen LogP contribution in [0.1, 0.15) is 15.9 Å². The number of hydrogen-bond acceptors (Lipinski definition) is 5. The molecule has 20 heavy (non-hydrogen) atoms. The van der Waals surface area contributed by atoms with Crippen molar-refractivity contribution in [2.45, 2.75) is 13.5 Å². The topological polar surface area (TPSA) is 81.9 Å². The Morgan fingerprint density at radius 3 is 2.70 bits per heavy atom. The second-order valence-electron chi connectivity index (χ2n) is 4.69. The van der Waals surface area contributed by atoms with Crippen molar-refractivity contribution in [1.29, 1.82) is 0 Å². The maximum atomic E-state index is 11.2. The molecule has 0 bridgehead atoms. The third-order valence-corrected chi connectivity index (χ3v) is 3.68. The minimum Gasteiger partial charge on any atom is -0.298 e. The van der Waals surface area contributed by atoms with E-state index < -0.39 is 9.84 Å². The van der Waals surface area contributed by atoms with E-state index in [4.69, 9.17) is 0 Å². The van der Waals surface area contributed by atoms with E-state index in [-0.39, 0.29) is 12.3 Å². The van der Waals surface area contributed by atoms with Crippen LogP contribution in [-0.2, 0) is 16.4 Å². The quantitative estimate of drug-likeness (QED) is 0.771. The predicted octanol–water partition coefficient (Wildman–Crippen LogP) is 1.11. The van der Waals surface area contributed by atoms with Gasteiger partial charge in [0, 0.05) is 30.4 Å². The van der Waals surface area contributed by atoms with Crippen molar-refractivity contribution < 1.29 is 13.2 Å². The maximum absolute atomic E-state index is 11.2. The van der Waals surface area contributed by atoms with Gasteiger partial charge in [0.1, 0.15) is 15.5 Å². The van der Waals surface area contributed by atoms with Crippen molar-refractivity contribution in [2.75, 3.05) is 12.0 Å². The molecule has 0 amide bonds. The van der Waals surface area contributed by atoms with Gasteiger partial charge in [-0.2, -0.15) is 5.10 Å². The molecule has 6 nitrogen and oxygen atoms in total. The summed E-state index contributed by atoms with van der Waals surface area (Å²) >= 11 is 0. The first-order valence-electron chi connectivity index (χ1n) is 6.01. The van der Waals surface area contributed by atoms with Gasteiger partial charge in [-0.3, -0.25) is 14.5 Å². The highest BCUT2D eigenvalue weighted by Crippen LogP contribution is 2.20. The smallest absolute Gasteiger partial charge is 0.153 e. The van der Waals surface area contributed by atoms with Crippen LogP contribution in [0, 0.1) is 6.92 Å². The van der Waals surface area contributed by atoms with Gasteiger partial charge in [-0.1, -0.05) is 0 Å². The lowest BCUT2D eigenvalue weighted by Gasteiger charge is -2.00. The zero-order valence-corrected chi connectivity index (χ0v) is 12.1. The molecule has 2 aromatic rings. The highest BCUT2D eigenvalue weighted by molar-refractivity contribution is 7.90. The lowest BCUT2D eigenvalue weighted by molar-refractivity contribution is 0.112. The molecule has 2 heterocycles. The van der Waals surface area contributed by atoms with Crippen LogP contribution in [-0.4, -0.2) is 41.5 Å². The lowest BCUT2D eigenvalue weighted by Crippen LogP contribution is -2.11. The molecule has 2 rings (SSSR count). The normalized spacial score (nSPS) is 11.5. The van der Waals surface area contributed by atoms with E-state index in [0.29, 0.717) is 17.5 Å². The van der Waals surface area contributed by atoms with Crippen molar-refractivity contribution in [3.63, 3.8) is 0 Å². The molecule has 0 spiro atoms. The molecule has 0 aliphatic heterocycles. The van der Waals surface area contributed by atoms with Crippen molar-refractivity contribution in [2.24, 2.45) is 0 Å². The SMILES string of the molecule is Cc1cncc(-c2nn(CCS(C)(=O)=O)cc2C=O)c1. The zero-order valence-electron chi connectivity index (χ0n) is 11.3. The van der Waals surface area contributed by atoms with Crippen molar-refractivity contribution in [3.05, 3.63) is 35.8 Å². The minimum absolute atomic E-state index is 0.0154. The molecule has 106 valence electrons. The number of sulfone groups is 1. The predicted molar refractivity (Wildman–Crippen MR) is 75.3 cm³/mol. The zero-order chi connectivity index (χ0) is 14.8. The second-order valence-corrected chi connectivity index (χ2v) is 6.95. The molecule has 0 aliphatic carbocycles. The van der Waals surface area contributed by atoms with E-state index >= 15 is 0 Å². The Morgan fingerprint density at radius 1 is 1.35 bits per heavy atom. The summed E-state index contributed by atoms with van der Waals surface area (Å²) in [4.78, 5) is 15.2. The average Bonchev–Trinajstić information content (AvgIpc) is 2.79. The first-order chi connectivity index (χ1) is 9.39. The van der Waals surface area contributed by atoms with Crippen LogP contribution in [0.3, 0.4) is 0 Å². The van der Waals surface area contributed by atoms with Gasteiger partial charge >= 0.3 is 0 Å². The highest BCUT2D eigenvalue weighted by Gasteiger charge is 2.12. The van der Waals surface area contributed by atoms with Crippen LogP contribution in [0.2, 0.25) is 0 Å². The monoisotopic (exact) mass is 293 g/mol. The van der Waals surface area contributed by atoms with E-state index in [0.717, 1.165) is 11.1 Å². The van der Waals surface area contributed by atoms with E-state index in [9.17, 15) is 13.2 Å². The molecule has 0 fully saturated rings. The Kier molecular flexibility index (Phi) is 3.99. The second kappa shape index (κ2) is 5.54. The van der Waals surface area contributed by atoms with Gasteiger partial charge in [0.05, 0.1) is 17.9 Å². The summed E-state index contributed by atoms with van der Waals surface area (Å²) in [6, 6.07) is 1.88. The Hall–Kier alpha value is -2.02. The summed E-state index contributed by atoms with van der Waals surface area (Å²) < 4.78 is 23.8. The summed E-state index contributed by atoms with van der Waals surface area (Å²) in [5.41, 5.74) is 2.64. The fourth-order valence-electron chi connectivity index (χ4n) is 1.81. The van der Waals surface area contributed by atoms with E-state index in [1.54, 1.807) is 18.6 Å². The molecule has 0 unspecified atom stereocenters. The summed E-state index contributed by atoms with van der Waals surface area (Å²) in [5.74, 6) is -0.0154. The fraction of sp³-hybridized carbons (Fsp3) is 0.308. The van der Waals surface area contributed by atoms with Gasteiger partial charge in [-0.05, 0) is 18.6 Å². The standard InChI is InChI=1S/C13H15N3O3S/c1-10-5-11(7-14-6-10)13-12(9-17)8-16(15-13)3-4-20(2,18)19/h5-9H,3-4H2,1-2H3. The van der Waals surface area contributed by atoms with Gasteiger partial charge in [-0.25, -0.2) is 8.42 Å². The van der Waals surface area contributed by atoms with Gasteiger partial charge < -0.3 is 0 Å². The fourth-order valence-corrected chi connectivity index (χ4v) is 2.32. The molecule has 0 atom stereocenters. The molecule has 0 aromatic carbocycles. The molecule has 0 aliphatic rings. The third kappa shape index (κ3) is 3.51. The average molecular weight is 293 g/mol. The number of pyridine rings is 1. The molecular formula is C13H15N3O3S. The van der Waals surface area contributed by atoms with E-state index in [2.05, 4.69) is 10.1 Å². The van der Waals surface area contributed by atoms with Gasteiger partial charge in [0.25, 0.3) is 0 Å². The number of aromatic nitrogens is 3. The van der Waals surface area contributed by atoms with Crippen LogP contribution in [0.5, 0.6) is 0 Å². The van der Waals surface area contributed by atoms with Gasteiger partial charge in [0.2, 0.25) is 0 Å². The number of hydrogen-bond donors (Lipinski definition) is 0. The molecule has 0 saturated carbocycles. The summed E-state index contributed by atoms with van der Waals surface area (Å²) in [5, 5.41) is 4.28. The van der Waals surface area contributed by atoms with E-state index in [1.807, 2.05) is 13.0 Å². The largest absolute Gasteiger partial charge is 0.298 e.